The van der Waals surface area contributed by atoms with Gasteiger partial charge in [0.2, 0.25) is 0 Å². The van der Waals surface area contributed by atoms with Crippen LogP contribution >= 0.6 is 23.2 Å². The Morgan fingerprint density at radius 3 is 2.60 bits per heavy atom. The van der Waals surface area contributed by atoms with Crippen LogP contribution < -0.4 is 4.90 Å². The van der Waals surface area contributed by atoms with Crippen molar-refractivity contribution in [2.45, 2.75) is 19.3 Å². The fourth-order valence-electron chi connectivity index (χ4n) is 2.71. The maximum Gasteiger partial charge on any atom is 0.127 e. The van der Waals surface area contributed by atoms with Crippen LogP contribution in [0.3, 0.4) is 0 Å². The Morgan fingerprint density at radius 1 is 1.10 bits per heavy atom. The number of hydrogen-bond acceptors (Lipinski definition) is 2. The van der Waals surface area contributed by atoms with Crippen molar-refractivity contribution in [3.63, 3.8) is 0 Å². The first kappa shape index (κ1) is 13.8. The maximum absolute atomic E-state index is 6.28. The van der Waals surface area contributed by atoms with Crippen LogP contribution in [0, 0.1) is 0 Å². The fourth-order valence-corrected chi connectivity index (χ4v) is 3.11. The first-order valence-corrected chi connectivity index (χ1v) is 7.66. The summed E-state index contributed by atoms with van der Waals surface area (Å²) in [4.78, 5) is 2.39. The third-order valence-electron chi connectivity index (χ3n) is 3.76. The minimum absolute atomic E-state index is 0.564. The third kappa shape index (κ3) is 2.52. The van der Waals surface area contributed by atoms with Gasteiger partial charge in [-0.1, -0.05) is 35.3 Å². The molecule has 0 saturated carbocycles. The van der Waals surface area contributed by atoms with Crippen molar-refractivity contribution in [3.8, 4) is 11.3 Å². The summed E-state index contributed by atoms with van der Waals surface area (Å²) in [5, 5.41) is 5.72. The molecule has 0 N–H and O–H groups in total. The van der Waals surface area contributed by atoms with Crippen molar-refractivity contribution in [2.75, 3.05) is 18.0 Å². The van der Waals surface area contributed by atoms with Crippen molar-refractivity contribution in [1.29, 1.82) is 0 Å². The first-order chi connectivity index (χ1) is 9.66. The Bertz CT molecular complexity index is 616. The van der Waals surface area contributed by atoms with Crippen molar-refractivity contribution in [2.24, 2.45) is 7.05 Å². The number of halogens is 2. The molecule has 0 radical (unpaired) electrons. The number of benzene rings is 1. The highest BCUT2D eigenvalue weighted by atomic mass is 35.5. The number of rotatable bonds is 2. The molecule has 1 aromatic carbocycles. The number of hydrogen-bond donors (Lipinski definition) is 0. The molecule has 20 heavy (non-hydrogen) atoms. The Balaban J connectivity index is 1.97. The standard InChI is InChI=1S/C15H17Cl2N3/c1-19-14(20-8-3-2-4-9-20)10-13(18-19)11-6-5-7-12(16)15(11)17/h5-7,10H,2-4,8-9H2,1H3. The van der Waals surface area contributed by atoms with Gasteiger partial charge in [0.25, 0.3) is 0 Å². The lowest BCUT2D eigenvalue weighted by Gasteiger charge is -2.28. The van der Waals surface area contributed by atoms with Crippen LogP contribution in [0.2, 0.25) is 10.0 Å². The van der Waals surface area contributed by atoms with Gasteiger partial charge in [0.05, 0.1) is 15.7 Å². The minimum Gasteiger partial charge on any atom is -0.357 e. The lowest BCUT2D eigenvalue weighted by molar-refractivity contribution is 0.561. The predicted octanol–water partition coefficient (Wildman–Crippen LogP) is 4.38. The van der Waals surface area contributed by atoms with Gasteiger partial charge in [0.15, 0.2) is 0 Å². The Kier molecular flexibility index (Phi) is 3.90. The summed E-state index contributed by atoms with van der Waals surface area (Å²) in [6.07, 6.45) is 3.82. The van der Waals surface area contributed by atoms with Crippen LogP contribution in [0.1, 0.15) is 19.3 Å². The summed E-state index contributed by atoms with van der Waals surface area (Å²) in [6.45, 7) is 2.20. The van der Waals surface area contributed by atoms with E-state index in [-0.39, 0.29) is 0 Å². The molecule has 3 rings (SSSR count). The summed E-state index contributed by atoms with van der Waals surface area (Å²) in [5.41, 5.74) is 1.76. The van der Waals surface area contributed by atoms with Gasteiger partial charge in [0, 0.05) is 31.8 Å². The minimum atomic E-state index is 0.564. The van der Waals surface area contributed by atoms with Crippen LogP contribution in [0.15, 0.2) is 24.3 Å². The molecule has 2 aromatic rings. The molecule has 0 aliphatic carbocycles. The number of anilines is 1. The Labute approximate surface area is 129 Å². The molecule has 0 atom stereocenters. The summed E-state index contributed by atoms with van der Waals surface area (Å²) in [7, 11) is 1.98. The molecule has 1 fully saturated rings. The maximum atomic E-state index is 6.28. The molecule has 106 valence electrons. The molecule has 1 aliphatic heterocycles. The second kappa shape index (κ2) is 5.66. The molecule has 0 bridgehead atoms. The van der Waals surface area contributed by atoms with Gasteiger partial charge < -0.3 is 4.90 Å². The quantitative estimate of drug-likeness (QED) is 0.820. The number of aromatic nitrogens is 2. The van der Waals surface area contributed by atoms with E-state index in [1.165, 1.54) is 19.3 Å². The second-order valence-electron chi connectivity index (χ2n) is 5.16. The SMILES string of the molecule is Cn1nc(-c2cccc(Cl)c2Cl)cc1N1CCCCC1. The van der Waals surface area contributed by atoms with E-state index in [0.717, 1.165) is 30.2 Å². The van der Waals surface area contributed by atoms with Crippen LogP contribution in [0.25, 0.3) is 11.3 Å². The lowest BCUT2D eigenvalue weighted by atomic mass is 10.1. The highest BCUT2D eigenvalue weighted by Gasteiger charge is 2.17. The molecule has 3 nitrogen and oxygen atoms in total. The zero-order valence-corrected chi connectivity index (χ0v) is 13.0. The first-order valence-electron chi connectivity index (χ1n) is 6.90. The van der Waals surface area contributed by atoms with E-state index < -0.39 is 0 Å². The zero-order chi connectivity index (χ0) is 14.1. The number of piperidine rings is 1. The number of nitrogens with zero attached hydrogens (tertiary/aromatic N) is 3. The van der Waals surface area contributed by atoms with Crippen LogP contribution in [0.5, 0.6) is 0 Å². The summed E-state index contributed by atoms with van der Waals surface area (Å²) in [6, 6.07) is 7.75. The zero-order valence-electron chi connectivity index (χ0n) is 11.4. The molecule has 0 amide bonds. The molecule has 0 spiro atoms. The van der Waals surface area contributed by atoms with Gasteiger partial charge in [-0.3, -0.25) is 4.68 Å². The predicted molar refractivity (Wildman–Crippen MR) is 84.7 cm³/mol. The van der Waals surface area contributed by atoms with E-state index >= 15 is 0 Å². The topological polar surface area (TPSA) is 21.1 Å². The highest BCUT2D eigenvalue weighted by Crippen LogP contribution is 2.34. The molecule has 2 heterocycles. The van der Waals surface area contributed by atoms with Gasteiger partial charge in [-0.2, -0.15) is 5.10 Å². The molecular weight excluding hydrogens is 293 g/mol. The highest BCUT2D eigenvalue weighted by molar-refractivity contribution is 6.43. The van der Waals surface area contributed by atoms with Gasteiger partial charge in [-0.05, 0) is 25.3 Å². The second-order valence-corrected chi connectivity index (χ2v) is 5.95. The van der Waals surface area contributed by atoms with E-state index in [1.54, 1.807) is 6.07 Å². The van der Waals surface area contributed by atoms with Crippen molar-refractivity contribution >= 4 is 29.0 Å². The monoisotopic (exact) mass is 309 g/mol. The lowest BCUT2D eigenvalue weighted by Crippen LogP contribution is -2.30. The number of aryl methyl sites for hydroxylation is 1. The van der Waals surface area contributed by atoms with E-state index in [4.69, 9.17) is 23.2 Å². The Morgan fingerprint density at radius 2 is 1.85 bits per heavy atom. The average molecular weight is 310 g/mol. The third-order valence-corrected chi connectivity index (χ3v) is 4.58. The van der Waals surface area contributed by atoms with E-state index in [1.807, 2.05) is 23.9 Å². The summed E-state index contributed by atoms with van der Waals surface area (Å²) < 4.78 is 1.93. The summed E-state index contributed by atoms with van der Waals surface area (Å²) >= 11 is 12.4. The molecular formula is C15H17Cl2N3. The smallest absolute Gasteiger partial charge is 0.127 e. The van der Waals surface area contributed by atoms with Gasteiger partial charge >= 0.3 is 0 Å². The van der Waals surface area contributed by atoms with E-state index in [9.17, 15) is 0 Å². The van der Waals surface area contributed by atoms with E-state index in [0.29, 0.717) is 10.0 Å². The van der Waals surface area contributed by atoms with E-state index in [2.05, 4.69) is 16.1 Å². The van der Waals surface area contributed by atoms with Gasteiger partial charge in [0.1, 0.15) is 5.82 Å². The van der Waals surface area contributed by atoms with Crippen LogP contribution in [-0.4, -0.2) is 22.9 Å². The van der Waals surface area contributed by atoms with Crippen molar-refractivity contribution < 1.29 is 0 Å². The van der Waals surface area contributed by atoms with Crippen LogP contribution in [0.4, 0.5) is 5.82 Å². The van der Waals surface area contributed by atoms with Gasteiger partial charge in [-0.15, -0.1) is 0 Å². The molecule has 5 heteroatoms. The molecule has 1 aliphatic rings. The molecule has 1 aromatic heterocycles. The fraction of sp³-hybridized carbons (Fsp3) is 0.400. The molecule has 1 saturated heterocycles. The average Bonchev–Trinajstić information content (AvgIpc) is 2.85. The van der Waals surface area contributed by atoms with Crippen molar-refractivity contribution in [1.82, 2.24) is 9.78 Å². The molecule has 0 unspecified atom stereocenters. The van der Waals surface area contributed by atoms with Crippen molar-refractivity contribution in [3.05, 3.63) is 34.3 Å². The largest absolute Gasteiger partial charge is 0.357 e. The van der Waals surface area contributed by atoms with Crippen LogP contribution in [-0.2, 0) is 7.05 Å². The normalized spacial score (nSPS) is 15.7. The summed E-state index contributed by atoms with van der Waals surface area (Å²) in [5.74, 6) is 1.15. The Hall–Kier alpha value is -1.19. The van der Waals surface area contributed by atoms with Gasteiger partial charge in [-0.25, -0.2) is 0 Å².